The normalized spacial score (nSPS) is 12.9. The molecule has 0 bridgehead atoms. The van der Waals surface area contributed by atoms with Crippen molar-refractivity contribution in [2.24, 2.45) is 0 Å². The maximum absolute atomic E-state index is 6.18. The highest BCUT2D eigenvalue weighted by Crippen LogP contribution is 2.37. The molecule has 5 heteroatoms. The summed E-state index contributed by atoms with van der Waals surface area (Å²) >= 11 is 5.97. The largest absolute Gasteiger partial charge is 0.411 e. The number of fused-ring (bicyclic) bond motifs is 1. The van der Waals surface area contributed by atoms with Gasteiger partial charge in [-0.25, -0.2) is 0 Å². The van der Waals surface area contributed by atoms with E-state index in [0.717, 1.165) is 16.6 Å². The third-order valence-corrected chi connectivity index (χ3v) is 8.66. The van der Waals surface area contributed by atoms with Crippen LogP contribution in [-0.2, 0) is 11.0 Å². The molecule has 108 valence electrons. The van der Waals surface area contributed by atoms with Gasteiger partial charge in [0.1, 0.15) is 0 Å². The number of rotatable bonds is 3. The molecule has 0 aliphatic heterocycles. The quantitative estimate of drug-likeness (QED) is 0.764. The van der Waals surface area contributed by atoms with Crippen molar-refractivity contribution in [2.75, 3.05) is 0 Å². The van der Waals surface area contributed by atoms with E-state index < -0.39 is 8.32 Å². The third-order valence-electron chi connectivity index (χ3n) is 3.98. The van der Waals surface area contributed by atoms with E-state index in [1.54, 1.807) is 12.4 Å². The Kier molecular flexibility index (Phi) is 4.18. The fraction of sp³-hybridized carbons (Fsp3) is 0.467. The second-order valence-electron chi connectivity index (χ2n) is 6.57. The summed E-state index contributed by atoms with van der Waals surface area (Å²) in [5.41, 5.74) is 1.77. The number of hydrogen-bond donors (Lipinski definition) is 0. The summed E-state index contributed by atoms with van der Waals surface area (Å²) in [4.78, 5) is 8.66. The summed E-state index contributed by atoms with van der Waals surface area (Å²) in [6, 6.07) is 3.91. The second kappa shape index (κ2) is 5.43. The lowest BCUT2D eigenvalue weighted by atomic mass is 10.2. The average Bonchev–Trinajstić information content (AvgIpc) is 2.34. The van der Waals surface area contributed by atoms with E-state index in [0.29, 0.717) is 11.6 Å². The Bertz CT molecular complexity index is 623. The summed E-state index contributed by atoms with van der Waals surface area (Å²) in [5.74, 6) is 0. The Labute approximate surface area is 126 Å². The number of halogens is 1. The van der Waals surface area contributed by atoms with Crippen LogP contribution in [0.5, 0.6) is 0 Å². The minimum Gasteiger partial charge on any atom is -0.411 e. The molecule has 0 aliphatic carbocycles. The molecular weight excluding hydrogens is 288 g/mol. The van der Waals surface area contributed by atoms with Gasteiger partial charge in [-0.05, 0) is 30.3 Å². The molecule has 0 saturated carbocycles. The first kappa shape index (κ1) is 15.4. The zero-order valence-electron chi connectivity index (χ0n) is 12.7. The Hall–Kier alpha value is -0.973. The lowest BCUT2D eigenvalue weighted by Crippen LogP contribution is -2.40. The monoisotopic (exact) mass is 308 g/mol. The van der Waals surface area contributed by atoms with Gasteiger partial charge in [0.05, 0.1) is 29.0 Å². The highest BCUT2D eigenvalue weighted by molar-refractivity contribution is 6.74. The van der Waals surface area contributed by atoms with Crippen LogP contribution < -0.4 is 0 Å². The first-order chi connectivity index (χ1) is 9.19. The van der Waals surface area contributed by atoms with Crippen LogP contribution in [0.1, 0.15) is 26.5 Å². The molecule has 20 heavy (non-hydrogen) atoms. The topological polar surface area (TPSA) is 35.0 Å². The SMILES string of the molecule is CC(C)(C)[Si](C)(C)OCc1cc2cc(Cl)cnc2cn1. The average molecular weight is 309 g/mol. The molecule has 0 N–H and O–H groups in total. The molecule has 0 radical (unpaired) electrons. The van der Waals surface area contributed by atoms with E-state index in [-0.39, 0.29) is 5.04 Å². The molecule has 0 aromatic carbocycles. The number of pyridine rings is 2. The van der Waals surface area contributed by atoms with Crippen LogP contribution in [0, 0.1) is 0 Å². The van der Waals surface area contributed by atoms with Crippen molar-refractivity contribution in [3.8, 4) is 0 Å². The van der Waals surface area contributed by atoms with E-state index >= 15 is 0 Å². The highest BCUT2D eigenvalue weighted by Gasteiger charge is 2.37. The minimum atomic E-state index is -1.75. The van der Waals surface area contributed by atoms with Gasteiger partial charge >= 0.3 is 0 Å². The van der Waals surface area contributed by atoms with Gasteiger partial charge in [0.25, 0.3) is 0 Å². The van der Waals surface area contributed by atoms with Crippen LogP contribution in [-0.4, -0.2) is 18.3 Å². The first-order valence-electron chi connectivity index (χ1n) is 6.73. The van der Waals surface area contributed by atoms with Crippen molar-refractivity contribution in [1.29, 1.82) is 0 Å². The van der Waals surface area contributed by atoms with Gasteiger partial charge in [-0.2, -0.15) is 0 Å². The second-order valence-corrected chi connectivity index (χ2v) is 11.8. The van der Waals surface area contributed by atoms with E-state index in [1.165, 1.54) is 0 Å². The maximum atomic E-state index is 6.18. The van der Waals surface area contributed by atoms with Crippen molar-refractivity contribution in [3.05, 3.63) is 35.2 Å². The van der Waals surface area contributed by atoms with E-state index in [1.807, 2.05) is 12.1 Å². The summed E-state index contributed by atoms with van der Waals surface area (Å²) in [5, 5.41) is 1.84. The maximum Gasteiger partial charge on any atom is 0.192 e. The Morgan fingerprint density at radius 1 is 1.15 bits per heavy atom. The lowest BCUT2D eigenvalue weighted by Gasteiger charge is -2.36. The van der Waals surface area contributed by atoms with E-state index in [2.05, 4.69) is 43.8 Å². The summed E-state index contributed by atoms with van der Waals surface area (Å²) in [7, 11) is -1.75. The van der Waals surface area contributed by atoms with Crippen molar-refractivity contribution < 1.29 is 4.43 Å². The standard InChI is InChI=1S/C15H21ClN2OSi/c1-15(2,3)20(4,5)19-10-13-7-11-6-12(16)8-18-14(11)9-17-13/h6-9H,10H2,1-5H3. The summed E-state index contributed by atoms with van der Waals surface area (Å²) in [6.45, 7) is 11.7. The third kappa shape index (κ3) is 3.37. The fourth-order valence-electron chi connectivity index (χ4n) is 1.60. The van der Waals surface area contributed by atoms with Crippen molar-refractivity contribution in [2.45, 2.75) is 45.5 Å². The predicted octanol–water partition coefficient (Wildman–Crippen LogP) is 4.81. The van der Waals surface area contributed by atoms with Gasteiger partial charge in [0.2, 0.25) is 0 Å². The van der Waals surface area contributed by atoms with Crippen LogP contribution >= 0.6 is 11.6 Å². The Morgan fingerprint density at radius 2 is 1.85 bits per heavy atom. The molecule has 0 atom stereocenters. The zero-order chi connectivity index (χ0) is 15.0. The molecule has 0 spiro atoms. The molecule has 0 aliphatic rings. The van der Waals surface area contributed by atoms with Gasteiger partial charge in [-0.3, -0.25) is 9.97 Å². The van der Waals surface area contributed by atoms with Crippen molar-refractivity contribution in [1.82, 2.24) is 9.97 Å². The van der Waals surface area contributed by atoms with Gasteiger partial charge in [0, 0.05) is 11.6 Å². The van der Waals surface area contributed by atoms with Crippen LogP contribution in [0.15, 0.2) is 24.5 Å². The van der Waals surface area contributed by atoms with Crippen LogP contribution in [0.2, 0.25) is 23.2 Å². The molecular formula is C15H21ClN2OSi. The number of nitrogens with zero attached hydrogens (tertiary/aromatic N) is 2. The highest BCUT2D eigenvalue weighted by atomic mass is 35.5. The Morgan fingerprint density at radius 3 is 2.50 bits per heavy atom. The van der Waals surface area contributed by atoms with Gasteiger partial charge in [-0.15, -0.1) is 0 Å². The number of hydrogen-bond acceptors (Lipinski definition) is 3. The molecule has 3 nitrogen and oxygen atoms in total. The molecule has 0 unspecified atom stereocenters. The molecule has 0 fully saturated rings. The first-order valence-corrected chi connectivity index (χ1v) is 10.0. The van der Waals surface area contributed by atoms with E-state index in [9.17, 15) is 0 Å². The molecule has 2 heterocycles. The fourth-order valence-corrected chi connectivity index (χ4v) is 2.71. The van der Waals surface area contributed by atoms with Crippen molar-refractivity contribution in [3.63, 3.8) is 0 Å². The number of aromatic nitrogens is 2. The molecule has 2 aromatic rings. The summed E-state index contributed by atoms with van der Waals surface area (Å²) < 4.78 is 6.18. The van der Waals surface area contributed by atoms with Crippen LogP contribution in [0.4, 0.5) is 0 Å². The summed E-state index contributed by atoms with van der Waals surface area (Å²) in [6.07, 6.45) is 3.41. The minimum absolute atomic E-state index is 0.203. The van der Waals surface area contributed by atoms with Crippen molar-refractivity contribution >= 4 is 30.8 Å². The van der Waals surface area contributed by atoms with Crippen LogP contribution in [0.3, 0.4) is 0 Å². The zero-order valence-corrected chi connectivity index (χ0v) is 14.5. The molecule has 0 amide bonds. The smallest absolute Gasteiger partial charge is 0.192 e. The lowest BCUT2D eigenvalue weighted by molar-refractivity contribution is 0.272. The van der Waals surface area contributed by atoms with Crippen LogP contribution in [0.25, 0.3) is 10.9 Å². The molecule has 2 aromatic heterocycles. The Balaban J connectivity index is 2.18. The molecule has 0 saturated heterocycles. The van der Waals surface area contributed by atoms with Gasteiger partial charge < -0.3 is 4.43 Å². The molecule has 2 rings (SSSR count). The van der Waals surface area contributed by atoms with Gasteiger partial charge in [-0.1, -0.05) is 32.4 Å². The predicted molar refractivity (Wildman–Crippen MR) is 86.5 cm³/mol. The van der Waals surface area contributed by atoms with Gasteiger partial charge in [0.15, 0.2) is 8.32 Å². The van der Waals surface area contributed by atoms with E-state index in [4.69, 9.17) is 16.0 Å².